The van der Waals surface area contributed by atoms with Crippen LogP contribution in [0.25, 0.3) is 0 Å². The van der Waals surface area contributed by atoms with Crippen molar-refractivity contribution in [2.75, 3.05) is 12.3 Å². The molecule has 0 aliphatic carbocycles. The van der Waals surface area contributed by atoms with Crippen molar-refractivity contribution in [1.29, 1.82) is 0 Å². The Morgan fingerprint density at radius 1 is 0.963 bits per heavy atom. The van der Waals surface area contributed by atoms with Gasteiger partial charge in [0, 0.05) is 16.2 Å². The third-order valence-electron chi connectivity index (χ3n) is 3.68. The highest BCUT2D eigenvalue weighted by Crippen LogP contribution is 2.08. The molecule has 2 amide bonds. The largest absolute Gasteiger partial charge is 0.480 e. The van der Waals surface area contributed by atoms with Gasteiger partial charge in [0.2, 0.25) is 5.91 Å². The molecule has 2 aromatic carbocycles. The number of nitrogens with one attached hydrogen (secondary N) is 2. The summed E-state index contributed by atoms with van der Waals surface area (Å²) in [7, 11) is -1.36. The number of hydrogen-bond acceptors (Lipinski definition) is 4. The minimum Gasteiger partial charge on any atom is -0.480 e. The van der Waals surface area contributed by atoms with Crippen molar-refractivity contribution in [3.63, 3.8) is 0 Å². The Morgan fingerprint density at radius 2 is 1.56 bits per heavy atom. The van der Waals surface area contributed by atoms with E-state index in [1.54, 1.807) is 60.7 Å². The Hall–Kier alpha value is -3.00. The van der Waals surface area contributed by atoms with Gasteiger partial charge >= 0.3 is 5.97 Å². The number of aliphatic carboxylic acids is 1. The van der Waals surface area contributed by atoms with Gasteiger partial charge in [-0.2, -0.15) is 0 Å². The van der Waals surface area contributed by atoms with Crippen LogP contribution in [0.1, 0.15) is 16.8 Å². The zero-order valence-electron chi connectivity index (χ0n) is 14.5. The molecule has 0 fully saturated rings. The third kappa shape index (κ3) is 6.67. The molecule has 7 nitrogen and oxygen atoms in total. The average molecular weight is 388 g/mol. The van der Waals surface area contributed by atoms with Crippen molar-refractivity contribution >= 4 is 28.6 Å². The molecule has 2 atom stereocenters. The van der Waals surface area contributed by atoms with E-state index >= 15 is 0 Å². The van der Waals surface area contributed by atoms with E-state index in [1.807, 2.05) is 0 Å². The van der Waals surface area contributed by atoms with E-state index in [2.05, 4.69) is 10.6 Å². The Balaban J connectivity index is 1.82. The Morgan fingerprint density at radius 3 is 2.15 bits per heavy atom. The number of amides is 2. The van der Waals surface area contributed by atoms with Crippen LogP contribution in [0.15, 0.2) is 65.6 Å². The number of carboxylic acids is 1. The van der Waals surface area contributed by atoms with Crippen LogP contribution in [0.3, 0.4) is 0 Å². The maximum Gasteiger partial charge on any atom is 0.326 e. The fraction of sp³-hybridized carbons (Fsp3) is 0.211. The zero-order chi connectivity index (χ0) is 19.6. The predicted molar refractivity (Wildman–Crippen MR) is 101 cm³/mol. The second-order valence-electron chi connectivity index (χ2n) is 5.66. The zero-order valence-corrected chi connectivity index (χ0v) is 15.3. The standard InChI is InChI=1S/C19H20N2O5S/c22-17(13-20-18(23)14-7-3-1-4-8-14)21-16(19(24)25)11-12-27(26)15-9-5-2-6-10-15/h1-10,16H,11-13H2,(H,20,23)(H,21,22)(H,24,25)/t16-,27-/m1/s1. The molecule has 8 heteroatoms. The van der Waals surface area contributed by atoms with Gasteiger partial charge in [-0.15, -0.1) is 0 Å². The van der Waals surface area contributed by atoms with Crippen molar-refractivity contribution < 1.29 is 23.7 Å². The van der Waals surface area contributed by atoms with E-state index in [4.69, 9.17) is 0 Å². The number of carbonyl (C=O) groups is 3. The van der Waals surface area contributed by atoms with Gasteiger partial charge < -0.3 is 15.7 Å². The summed E-state index contributed by atoms with van der Waals surface area (Å²) in [5.74, 6) is -2.18. The van der Waals surface area contributed by atoms with Crippen LogP contribution in [0.2, 0.25) is 0 Å². The predicted octanol–water partition coefficient (Wildman–Crippen LogP) is 1.18. The highest BCUT2D eigenvalue weighted by molar-refractivity contribution is 7.85. The molecule has 27 heavy (non-hydrogen) atoms. The number of carbonyl (C=O) groups excluding carboxylic acids is 2. The minimum absolute atomic E-state index is 0.00914. The van der Waals surface area contributed by atoms with Crippen LogP contribution in [-0.4, -0.2) is 45.4 Å². The number of benzene rings is 2. The van der Waals surface area contributed by atoms with Crippen LogP contribution in [0.4, 0.5) is 0 Å². The van der Waals surface area contributed by atoms with Crippen LogP contribution >= 0.6 is 0 Å². The highest BCUT2D eigenvalue weighted by Gasteiger charge is 2.21. The first-order valence-corrected chi connectivity index (χ1v) is 9.58. The van der Waals surface area contributed by atoms with Gasteiger partial charge in [-0.3, -0.25) is 13.8 Å². The first-order valence-electron chi connectivity index (χ1n) is 8.26. The number of carboxylic acid groups (broad SMARTS) is 1. The minimum atomic E-state index is -1.36. The molecule has 2 aromatic rings. The summed E-state index contributed by atoms with van der Waals surface area (Å²) in [5, 5.41) is 14.0. The van der Waals surface area contributed by atoms with Gasteiger partial charge in [-0.25, -0.2) is 4.79 Å². The fourth-order valence-electron chi connectivity index (χ4n) is 2.27. The highest BCUT2D eigenvalue weighted by atomic mass is 32.2. The third-order valence-corrected chi connectivity index (χ3v) is 5.08. The van der Waals surface area contributed by atoms with Crippen molar-refractivity contribution in [3.05, 3.63) is 66.2 Å². The van der Waals surface area contributed by atoms with E-state index in [9.17, 15) is 23.7 Å². The first-order chi connectivity index (χ1) is 13.0. The lowest BCUT2D eigenvalue weighted by atomic mass is 10.2. The maximum atomic E-state index is 12.2. The molecule has 0 unspecified atom stereocenters. The van der Waals surface area contributed by atoms with Crippen LogP contribution in [0, 0.1) is 0 Å². The second-order valence-corrected chi connectivity index (χ2v) is 7.23. The van der Waals surface area contributed by atoms with Gasteiger partial charge in [-0.05, 0) is 30.7 Å². The number of rotatable bonds is 9. The molecule has 2 rings (SSSR count). The van der Waals surface area contributed by atoms with E-state index in [0.717, 1.165) is 0 Å². The van der Waals surface area contributed by atoms with E-state index in [-0.39, 0.29) is 18.7 Å². The summed E-state index contributed by atoms with van der Waals surface area (Å²) in [6.45, 7) is -0.348. The van der Waals surface area contributed by atoms with Gasteiger partial charge in [0.1, 0.15) is 6.04 Å². The topological polar surface area (TPSA) is 113 Å². The van der Waals surface area contributed by atoms with Crippen molar-refractivity contribution in [3.8, 4) is 0 Å². The van der Waals surface area contributed by atoms with Gasteiger partial charge in [0.15, 0.2) is 0 Å². The van der Waals surface area contributed by atoms with Crippen molar-refractivity contribution in [2.24, 2.45) is 0 Å². The summed E-state index contributed by atoms with van der Waals surface area (Å²) in [6, 6.07) is 15.9. The molecule has 0 saturated carbocycles. The smallest absolute Gasteiger partial charge is 0.326 e. The van der Waals surface area contributed by atoms with Crippen molar-refractivity contribution in [1.82, 2.24) is 10.6 Å². The summed E-state index contributed by atoms with van der Waals surface area (Å²) < 4.78 is 12.2. The van der Waals surface area contributed by atoms with Gasteiger partial charge in [-0.1, -0.05) is 36.4 Å². The lowest BCUT2D eigenvalue weighted by molar-refractivity contribution is -0.141. The number of hydrogen-bond donors (Lipinski definition) is 3. The van der Waals surface area contributed by atoms with Crippen LogP contribution < -0.4 is 10.6 Å². The lowest BCUT2D eigenvalue weighted by Gasteiger charge is -2.14. The molecule has 142 valence electrons. The molecule has 3 N–H and O–H groups in total. The van der Waals surface area contributed by atoms with Crippen molar-refractivity contribution in [2.45, 2.75) is 17.4 Å². The fourth-order valence-corrected chi connectivity index (χ4v) is 3.42. The van der Waals surface area contributed by atoms with Crippen LogP contribution in [0.5, 0.6) is 0 Å². The van der Waals surface area contributed by atoms with Crippen LogP contribution in [-0.2, 0) is 20.4 Å². The molecule has 0 radical (unpaired) electrons. The molecular weight excluding hydrogens is 368 g/mol. The van der Waals surface area contributed by atoms with Gasteiger partial charge in [0.05, 0.1) is 17.3 Å². The molecule has 0 saturated heterocycles. The maximum absolute atomic E-state index is 12.2. The molecule has 0 aliphatic heterocycles. The molecule has 0 spiro atoms. The Labute approximate surface area is 159 Å². The molecule has 0 aliphatic rings. The molecule has 0 bridgehead atoms. The summed E-state index contributed by atoms with van der Waals surface area (Å²) in [5.41, 5.74) is 0.401. The van der Waals surface area contributed by atoms with E-state index < -0.39 is 34.6 Å². The summed E-state index contributed by atoms with van der Waals surface area (Å²) in [6.07, 6.45) is 0.00914. The monoisotopic (exact) mass is 388 g/mol. The normalized spacial score (nSPS) is 12.6. The lowest BCUT2D eigenvalue weighted by Crippen LogP contribution is -2.46. The molecular formula is C19H20N2O5S. The Bertz CT molecular complexity index is 811. The Kier molecular flexibility index (Phi) is 7.69. The van der Waals surface area contributed by atoms with Gasteiger partial charge in [0.25, 0.3) is 5.91 Å². The first kappa shape index (κ1) is 20.3. The average Bonchev–Trinajstić information content (AvgIpc) is 2.70. The second kappa shape index (κ2) is 10.2. The SMILES string of the molecule is O=C(CNC(=O)c1ccccc1)N[C@H](CC[S@@](=O)c1ccccc1)C(=O)O. The molecule has 0 heterocycles. The summed E-state index contributed by atoms with van der Waals surface area (Å²) >= 11 is 0. The quantitative estimate of drug-likeness (QED) is 0.597. The van der Waals surface area contributed by atoms with E-state index in [0.29, 0.717) is 10.5 Å². The van der Waals surface area contributed by atoms with E-state index in [1.165, 1.54) is 0 Å². The molecule has 0 aromatic heterocycles. The summed E-state index contributed by atoms with van der Waals surface area (Å²) in [4.78, 5) is 35.8.